The van der Waals surface area contributed by atoms with Crippen molar-refractivity contribution in [1.29, 1.82) is 5.26 Å². The number of hydrogen-bond donors (Lipinski definition) is 1. The van der Waals surface area contributed by atoms with Crippen LogP contribution in [0.5, 0.6) is 0 Å². The van der Waals surface area contributed by atoms with E-state index in [0.29, 0.717) is 0 Å². The minimum atomic E-state index is 0.205. The summed E-state index contributed by atoms with van der Waals surface area (Å²) in [6.07, 6.45) is 2.87. The van der Waals surface area contributed by atoms with Crippen LogP contribution in [0.3, 0.4) is 0 Å². The van der Waals surface area contributed by atoms with Gasteiger partial charge in [0.15, 0.2) is 0 Å². The van der Waals surface area contributed by atoms with Crippen molar-refractivity contribution in [1.82, 2.24) is 0 Å². The summed E-state index contributed by atoms with van der Waals surface area (Å²) >= 11 is 0. The maximum atomic E-state index is 8.80. The molecule has 2 N–H and O–H groups in total. The van der Waals surface area contributed by atoms with Crippen LogP contribution in [0.1, 0.15) is 17.5 Å². The average Bonchev–Trinajstić information content (AvgIpc) is 2.17. The normalized spacial score (nSPS) is 20.4. The molecule has 1 atom stereocenters. The quantitative estimate of drug-likeness (QED) is 0.607. The number of rotatable bonds is 0. The fraction of sp³-hybridized carbons (Fsp3) is 0.364. The third-order valence-corrected chi connectivity index (χ3v) is 2.64. The van der Waals surface area contributed by atoms with Gasteiger partial charge in [-0.05, 0) is 42.5 Å². The Bertz CT molecular complexity index is 363. The third kappa shape index (κ3) is 1.50. The number of benzene rings is 1. The first-order valence-electron chi connectivity index (χ1n) is 4.56. The Labute approximate surface area is 78.0 Å². The summed E-state index contributed by atoms with van der Waals surface area (Å²) < 4.78 is 0. The van der Waals surface area contributed by atoms with Gasteiger partial charge in [0.25, 0.3) is 0 Å². The molecule has 0 saturated heterocycles. The van der Waals surface area contributed by atoms with E-state index in [2.05, 4.69) is 6.07 Å². The molecule has 1 aromatic rings. The van der Waals surface area contributed by atoms with Crippen molar-refractivity contribution in [3.05, 3.63) is 29.3 Å². The smallest absolute Gasteiger partial charge is 0.0659 e. The lowest BCUT2D eigenvalue weighted by Crippen LogP contribution is -2.12. The molecule has 0 radical (unpaired) electrons. The molecule has 2 nitrogen and oxygen atoms in total. The summed E-state index contributed by atoms with van der Waals surface area (Å²) in [4.78, 5) is 0. The summed E-state index contributed by atoms with van der Waals surface area (Å²) in [7, 11) is 0. The van der Waals surface area contributed by atoms with Gasteiger partial charge in [0.2, 0.25) is 0 Å². The molecule has 0 amide bonds. The Hall–Kier alpha value is -1.49. The monoisotopic (exact) mass is 172 g/mol. The first-order chi connectivity index (χ1) is 6.29. The maximum Gasteiger partial charge on any atom is 0.0659 e. The predicted molar refractivity (Wildman–Crippen MR) is 52.0 cm³/mol. The van der Waals surface area contributed by atoms with Gasteiger partial charge in [-0.15, -0.1) is 0 Å². The molecule has 1 aliphatic rings. The standard InChI is InChI=1S/C11H12N2/c12-7-8-1-2-10-6-11(13)4-3-9(10)5-8/h3-4,6,8H,1-2,5,13H2. The predicted octanol–water partition coefficient (Wildman–Crippen LogP) is 1.90. The van der Waals surface area contributed by atoms with Crippen LogP contribution in [0.2, 0.25) is 0 Å². The van der Waals surface area contributed by atoms with Crippen LogP contribution in [0.15, 0.2) is 18.2 Å². The van der Waals surface area contributed by atoms with E-state index in [1.165, 1.54) is 11.1 Å². The molecule has 66 valence electrons. The van der Waals surface area contributed by atoms with Crippen LogP contribution >= 0.6 is 0 Å². The summed E-state index contributed by atoms with van der Waals surface area (Å²) in [5, 5.41) is 8.80. The third-order valence-electron chi connectivity index (χ3n) is 2.64. The number of nitrogens with two attached hydrogens (primary N) is 1. The molecule has 1 unspecified atom stereocenters. The van der Waals surface area contributed by atoms with E-state index >= 15 is 0 Å². The highest BCUT2D eigenvalue weighted by molar-refractivity contribution is 5.46. The van der Waals surface area contributed by atoms with E-state index in [1.54, 1.807) is 0 Å². The highest BCUT2D eigenvalue weighted by Crippen LogP contribution is 2.26. The molecule has 2 heteroatoms. The minimum Gasteiger partial charge on any atom is -0.399 e. The van der Waals surface area contributed by atoms with Gasteiger partial charge in [0.1, 0.15) is 0 Å². The van der Waals surface area contributed by atoms with E-state index in [0.717, 1.165) is 24.9 Å². The van der Waals surface area contributed by atoms with E-state index in [4.69, 9.17) is 11.0 Å². The van der Waals surface area contributed by atoms with Gasteiger partial charge in [-0.2, -0.15) is 5.26 Å². The van der Waals surface area contributed by atoms with E-state index < -0.39 is 0 Å². The minimum absolute atomic E-state index is 0.205. The molecule has 2 rings (SSSR count). The van der Waals surface area contributed by atoms with E-state index in [9.17, 15) is 0 Å². The molecule has 0 saturated carbocycles. The second kappa shape index (κ2) is 3.10. The van der Waals surface area contributed by atoms with E-state index in [-0.39, 0.29) is 5.92 Å². The van der Waals surface area contributed by atoms with Crippen molar-refractivity contribution in [2.75, 3.05) is 5.73 Å². The van der Waals surface area contributed by atoms with Gasteiger partial charge in [-0.3, -0.25) is 0 Å². The van der Waals surface area contributed by atoms with Crippen LogP contribution in [0.4, 0.5) is 5.69 Å². The molecular weight excluding hydrogens is 160 g/mol. The number of nitrogen functional groups attached to an aromatic ring is 1. The lowest BCUT2D eigenvalue weighted by molar-refractivity contribution is 0.565. The first kappa shape index (κ1) is 8.12. The summed E-state index contributed by atoms with van der Waals surface area (Å²) in [5.41, 5.74) is 9.14. The molecule has 0 aromatic heterocycles. The van der Waals surface area contributed by atoms with Crippen LogP contribution in [-0.2, 0) is 12.8 Å². The summed E-state index contributed by atoms with van der Waals surface area (Å²) in [6.45, 7) is 0. The lowest BCUT2D eigenvalue weighted by Gasteiger charge is -2.19. The highest BCUT2D eigenvalue weighted by atomic mass is 14.5. The highest BCUT2D eigenvalue weighted by Gasteiger charge is 2.17. The Kier molecular flexibility index (Phi) is 1.94. The van der Waals surface area contributed by atoms with Crippen molar-refractivity contribution < 1.29 is 0 Å². The van der Waals surface area contributed by atoms with Crippen molar-refractivity contribution in [2.45, 2.75) is 19.3 Å². The summed E-state index contributed by atoms with van der Waals surface area (Å²) in [6, 6.07) is 8.32. The largest absolute Gasteiger partial charge is 0.399 e. The van der Waals surface area contributed by atoms with Gasteiger partial charge in [-0.25, -0.2) is 0 Å². The van der Waals surface area contributed by atoms with Crippen molar-refractivity contribution in [2.24, 2.45) is 5.92 Å². The molecule has 1 aromatic carbocycles. The topological polar surface area (TPSA) is 49.8 Å². The Morgan fingerprint density at radius 3 is 3.00 bits per heavy atom. The number of nitrogens with zero attached hydrogens (tertiary/aromatic N) is 1. The molecule has 0 spiro atoms. The second-order valence-electron chi connectivity index (χ2n) is 3.60. The fourth-order valence-electron chi connectivity index (χ4n) is 1.89. The van der Waals surface area contributed by atoms with Gasteiger partial charge in [0, 0.05) is 5.69 Å². The van der Waals surface area contributed by atoms with Crippen LogP contribution in [0, 0.1) is 17.2 Å². The van der Waals surface area contributed by atoms with Gasteiger partial charge in [-0.1, -0.05) is 6.07 Å². The molecule has 0 fully saturated rings. The van der Waals surface area contributed by atoms with Crippen molar-refractivity contribution >= 4 is 5.69 Å². The number of fused-ring (bicyclic) bond motifs is 1. The summed E-state index contributed by atoms with van der Waals surface area (Å²) in [5.74, 6) is 0.205. The average molecular weight is 172 g/mol. The van der Waals surface area contributed by atoms with Gasteiger partial charge < -0.3 is 5.73 Å². The number of anilines is 1. The van der Waals surface area contributed by atoms with Crippen molar-refractivity contribution in [3.63, 3.8) is 0 Å². The molecule has 0 bridgehead atoms. The van der Waals surface area contributed by atoms with Gasteiger partial charge in [0.05, 0.1) is 12.0 Å². The SMILES string of the molecule is N#CC1CCc2cc(N)ccc2C1. The Balaban J connectivity index is 2.32. The maximum absolute atomic E-state index is 8.80. The van der Waals surface area contributed by atoms with Crippen LogP contribution in [-0.4, -0.2) is 0 Å². The molecule has 0 aliphatic heterocycles. The van der Waals surface area contributed by atoms with Crippen LogP contribution in [0.25, 0.3) is 0 Å². The Morgan fingerprint density at radius 1 is 1.38 bits per heavy atom. The molecule has 13 heavy (non-hydrogen) atoms. The van der Waals surface area contributed by atoms with E-state index in [1.807, 2.05) is 18.2 Å². The molecular formula is C11H12N2. The zero-order valence-electron chi connectivity index (χ0n) is 7.46. The second-order valence-corrected chi connectivity index (χ2v) is 3.60. The zero-order valence-corrected chi connectivity index (χ0v) is 7.46. The zero-order chi connectivity index (χ0) is 9.26. The fourth-order valence-corrected chi connectivity index (χ4v) is 1.89. The Morgan fingerprint density at radius 2 is 2.23 bits per heavy atom. The number of nitriles is 1. The van der Waals surface area contributed by atoms with Gasteiger partial charge >= 0.3 is 0 Å². The number of hydrogen-bond acceptors (Lipinski definition) is 2. The first-order valence-corrected chi connectivity index (χ1v) is 4.56. The van der Waals surface area contributed by atoms with Crippen molar-refractivity contribution in [3.8, 4) is 6.07 Å². The lowest BCUT2D eigenvalue weighted by atomic mass is 9.84. The number of aryl methyl sites for hydroxylation is 1. The molecule has 0 heterocycles. The van der Waals surface area contributed by atoms with Crippen LogP contribution < -0.4 is 5.73 Å². The molecule has 1 aliphatic carbocycles.